The number of aromatic nitrogens is 5. The number of hydrogen-bond donors (Lipinski definition) is 2. The second-order valence-electron chi connectivity index (χ2n) is 6.18. The summed E-state index contributed by atoms with van der Waals surface area (Å²) in [5.74, 6) is -0.0762. The first-order valence-corrected chi connectivity index (χ1v) is 7.99. The van der Waals surface area contributed by atoms with Crippen molar-refractivity contribution in [2.75, 3.05) is 13.1 Å². The number of pyridine rings is 1. The standard InChI is InChI=1S/C16H18N6O2/c1-10-8-18-22(9-10)11-3-6-21(7-4-11)15(23)12-2-5-17-14-13(12)19-16(24)20-14/h2,5,8-9,11H,3-4,6-7H2,1H3,(H2,17,19,20,24). The van der Waals surface area contributed by atoms with Crippen LogP contribution in [0.2, 0.25) is 0 Å². The number of likely N-dealkylation sites (tertiary alicyclic amines) is 1. The van der Waals surface area contributed by atoms with Crippen molar-refractivity contribution in [1.82, 2.24) is 29.6 Å². The van der Waals surface area contributed by atoms with Crippen molar-refractivity contribution in [3.8, 4) is 0 Å². The van der Waals surface area contributed by atoms with E-state index >= 15 is 0 Å². The molecule has 1 fully saturated rings. The van der Waals surface area contributed by atoms with Crippen LogP contribution in [-0.2, 0) is 0 Å². The smallest absolute Gasteiger partial charge is 0.325 e. The third-order valence-corrected chi connectivity index (χ3v) is 4.51. The molecule has 8 nitrogen and oxygen atoms in total. The number of fused-ring (bicyclic) bond motifs is 1. The second-order valence-corrected chi connectivity index (χ2v) is 6.18. The predicted octanol–water partition coefficient (Wildman–Crippen LogP) is 1.23. The Morgan fingerprint density at radius 3 is 2.79 bits per heavy atom. The Morgan fingerprint density at radius 1 is 1.29 bits per heavy atom. The second kappa shape index (κ2) is 5.63. The molecule has 0 radical (unpaired) electrons. The molecule has 0 atom stereocenters. The maximum absolute atomic E-state index is 12.8. The van der Waals surface area contributed by atoms with Gasteiger partial charge in [0.15, 0.2) is 5.65 Å². The molecule has 1 aliphatic rings. The minimum Gasteiger partial charge on any atom is -0.338 e. The molecular weight excluding hydrogens is 308 g/mol. The highest BCUT2D eigenvalue weighted by atomic mass is 16.2. The van der Waals surface area contributed by atoms with Gasteiger partial charge in [0, 0.05) is 25.5 Å². The summed E-state index contributed by atoms with van der Waals surface area (Å²) in [6, 6.07) is 1.98. The molecule has 24 heavy (non-hydrogen) atoms. The number of aryl methyl sites for hydroxylation is 1. The molecule has 8 heteroatoms. The van der Waals surface area contributed by atoms with Crippen molar-refractivity contribution in [2.45, 2.75) is 25.8 Å². The van der Waals surface area contributed by atoms with Crippen molar-refractivity contribution in [1.29, 1.82) is 0 Å². The fraction of sp³-hybridized carbons (Fsp3) is 0.375. The highest BCUT2D eigenvalue weighted by molar-refractivity contribution is 6.03. The molecule has 3 aromatic heterocycles. The van der Waals surface area contributed by atoms with Gasteiger partial charge in [-0.25, -0.2) is 9.78 Å². The summed E-state index contributed by atoms with van der Waals surface area (Å²) in [6.45, 7) is 3.36. The van der Waals surface area contributed by atoms with Crippen LogP contribution in [0, 0.1) is 6.92 Å². The highest BCUT2D eigenvalue weighted by Crippen LogP contribution is 2.24. The molecule has 0 saturated carbocycles. The quantitative estimate of drug-likeness (QED) is 0.740. The minimum atomic E-state index is -0.356. The number of amides is 1. The lowest BCUT2D eigenvalue weighted by Crippen LogP contribution is -2.39. The fourth-order valence-corrected chi connectivity index (χ4v) is 3.25. The van der Waals surface area contributed by atoms with Crippen LogP contribution < -0.4 is 5.69 Å². The van der Waals surface area contributed by atoms with Gasteiger partial charge in [0.1, 0.15) is 0 Å². The van der Waals surface area contributed by atoms with Crippen molar-refractivity contribution < 1.29 is 4.79 Å². The van der Waals surface area contributed by atoms with Gasteiger partial charge in [-0.3, -0.25) is 14.5 Å². The Bertz CT molecular complexity index is 945. The van der Waals surface area contributed by atoms with Crippen LogP contribution in [0.5, 0.6) is 0 Å². The molecular formula is C16H18N6O2. The topological polar surface area (TPSA) is 99.7 Å². The molecule has 4 heterocycles. The number of aromatic amines is 2. The van der Waals surface area contributed by atoms with E-state index in [0.717, 1.165) is 18.4 Å². The van der Waals surface area contributed by atoms with E-state index in [2.05, 4.69) is 20.1 Å². The number of piperidine rings is 1. The van der Waals surface area contributed by atoms with E-state index < -0.39 is 0 Å². The Hall–Kier alpha value is -2.90. The lowest BCUT2D eigenvalue weighted by atomic mass is 10.0. The van der Waals surface area contributed by atoms with Gasteiger partial charge in [-0.15, -0.1) is 0 Å². The molecule has 1 amide bonds. The molecule has 0 aromatic carbocycles. The van der Waals surface area contributed by atoms with Gasteiger partial charge in [0.05, 0.1) is 23.3 Å². The van der Waals surface area contributed by atoms with Gasteiger partial charge in [-0.1, -0.05) is 0 Å². The minimum absolute atomic E-state index is 0.0762. The fourth-order valence-electron chi connectivity index (χ4n) is 3.25. The third kappa shape index (κ3) is 2.49. The molecule has 0 unspecified atom stereocenters. The van der Waals surface area contributed by atoms with Crippen LogP contribution in [-0.4, -0.2) is 48.6 Å². The summed E-state index contributed by atoms with van der Waals surface area (Å²) in [5.41, 5.74) is 2.14. The summed E-state index contributed by atoms with van der Waals surface area (Å²) in [5, 5.41) is 4.37. The molecule has 2 N–H and O–H groups in total. The molecule has 4 rings (SSSR count). The Morgan fingerprint density at radius 2 is 2.08 bits per heavy atom. The summed E-state index contributed by atoms with van der Waals surface area (Å²) < 4.78 is 1.99. The number of hydrogen-bond acceptors (Lipinski definition) is 4. The van der Waals surface area contributed by atoms with E-state index in [9.17, 15) is 9.59 Å². The zero-order valence-corrected chi connectivity index (χ0v) is 13.3. The number of rotatable bonds is 2. The zero-order valence-electron chi connectivity index (χ0n) is 13.3. The maximum Gasteiger partial charge on any atom is 0.325 e. The lowest BCUT2D eigenvalue weighted by Gasteiger charge is -2.32. The van der Waals surface area contributed by atoms with Gasteiger partial charge < -0.3 is 9.88 Å². The summed E-state index contributed by atoms with van der Waals surface area (Å²) in [7, 11) is 0. The first kappa shape index (κ1) is 14.7. The van der Waals surface area contributed by atoms with Crippen molar-refractivity contribution in [3.63, 3.8) is 0 Å². The average molecular weight is 326 g/mol. The van der Waals surface area contributed by atoms with Crippen molar-refractivity contribution in [2.24, 2.45) is 0 Å². The normalized spacial score (nSPS) is 16.0. The highest BCUT2D eigenvalue weighted by Gasteiger charge is 2.26. The van der Waals surface area contributed by atoms with Crippen LogP contribution in [0.25, 0.3) is 11.2 Å². The summed E-state index contributed by atoms with van der Waals surface area (Å²) >= 11 is 0. The van der Waals surface area contributed by atoms with Gasteiger partial charge in [0.2, 0.25) is 0 Å². The Balaban J connectivity index is 1.52. The van der Waals surface area contributed by atoms with E-state index in [1.165, 1.54) is 0 Å². The molecule has 0 spiro atoms. The number of H-pyrrole nitrogens is 2. The third-order valence-electron chi connectivity index (χ3n) is 4.51. The van der Waals surface area contributed by atoms with E-state index in [0.29, 0.717) is 35.9 Å². The monoisotopic (exact) mass is 326 g/mol. The van der Waals surface area contributed by atoms with Gasteiger partial charge in [-0.05, 0) is 31.4 Å². The van der Waals surface area contributed by atoms with Crippen molar-refractivity contribution >= 4 is 17.1 Å². The predicted molar refractivity (Wildman–Crippen MR) is 87.9 cm³/mol. The zero-order chi connectivity index (χ0) is 16.7. The van der Waals surface area contributed by atoms with Gasteiger partial charge in [-0.2, -0.15) is 5.10 Å². The number of carbonyl (C=O) groups is 1. The Labute approximate surface area is 137 Å². The SMILES string of the molecule is Cc1cnn(C2CCN(C(=O)c3ccnc4[nH]c(=O)[nH]c34)CC2)c1. The van der Waals surface area contributed by atoms with E-state index in [-0.39, 0.29) is 11.6 Å². The number of nitrogens with zero attached hydrogens (tertiary/aromatic N) is 4. The molecule has 0 aliphatic carbocycles. The molecule has 1 aliphatic heterocycles. The van der Waals surface area contributed by atoms with E-state index in [1.54, 1.807) is 12.3 Å². The molecule has 124 valence electrons. The van der Waals surface area contributed by atoms with Gasteiger partial charge >= 0.3 is 5.69 Å². The first-order valence-electron chi connectivity index (χ1n) is 7.99. The lowest BCUT2D eigenvalue weighted by molar-refractivity contribution is 0.0691. The van der Waals surface area contributed by atoms with Crippen LogP contribution in [0.3, 0.4) is 0 Å². The summed E-state index contributed by atoms with van der Waals surface area (Å²) in [4.78, 5) is 35.4. The Kier molecular flexibility index (Phi) is 3.44. The molecule has 1 saturated heterocycles. The number of imidazole rings is 1. The van der Waals surface area contributed by atoms with Crippen LogP contribution in [0.15, 0.2) is 29.5 Å². The number of nitrogens with one attached hydrogen (secondary N) is 2. The van der Waals surface area contributed by atoms with E-state index in [4.69, 9.17) is 0 Å². The largest absolute Gasteiger partial charge is 0.338 e. The maximum atomic E-state index is 12.8. The average Bonchev–Trinajstić information content (AvgIpc) is 3.18. The van der Waals surface area contributed by atoms with Crippen molar-refractivity contribution in [3.05, 3.63) is 46.3 Å². The summed E-state index contributed by atoms with van der Waals surface area (Å²) in [6.07, 6.45) is 7.17. The first-order chi connectivity index (χ1) is 11.6. The van der Waals surface area contributed by atoms with E-state index in [1.807, 2.05) is 28.9 Å². The molecule has 3 aromatic rings. The molecule has 0 bridgehead atoms. The van der Waals surface area contributed by atoms with Crippen LogP contribution in [0.4, 0.5) is 0 Å². The van der Waals surface area contributed by atoms with Crippen LogP contribution >= 0.6 is 0 Å². The van der Waals surface area contributed by atoms with Gasteiger partial charge in [0.25, 0.3) is 5.91 Å². The number of carbonyl (C=O) groups excluding carboxylic acids is 1. The van der Waals surface area contributed by atoms with Crippen LogP contribution in [0.1, 0.15) is 34.8 Å².